The molecule has 4 rings (SSSR count). The highest BCUT2D eigenvalue weighted by Gasteiger charge is 2.31. The van der Waals surface area contributed by atoms with Crippen LogP contribution >= 0.6 is 11.3 Å². The molecule has 1 N–H and O–H groups in total. The van der Waals surface area contributed by atoms with E-state index < -0.39 is 11.7 Å². The molecule has 0 spiro atoms. The van der Waals surface area contributed by atoms with E-state index in [1.807, 2.05) is 18.7 Å². The van der Waals surface area contributed by atoms with Gasteiger partial charge in [-0.1, -0.05) is 17.4 Å². The normalized spacial score (nSPS) is 14.7. The number of piperazine rings is 1. The van der Waals surface area contributed by atoms with Crippen LogP contribution in [0.25, 0.3) is 5.13 Å². The molecule has 0 saturated carbocycles. The van der Waals surface area contributed by atoms with E-state index in [0.29, 0.717) is 48.3 Å². The maximum atomic E-state index is 13.0. The Kier molecular flexibility index (Phi) is 6.08. The number of aromatic amines is 1. The fraction of sp³-hybridized carbons (Fsp3) is 0.409. The van der Waals surface area contributed by atoms with Gasteiger partial charge in [-0.15, -0.1) is 0 Å². The number of aryl methyl sites for hydroxylation is 3. The standard InChI is InChI=1S/C22H24F3N5O2S/c1-13-15(3)33-21(26-13)30-20(32)18(14(2)27-30)12-19(31)29-9-7-28(8-10-29)17-6-4-5-16(11-17)22(23,24)25/h4-6,11,27H,7-10,12H2,1-3H3. The van der Waals surface area contributed by atoms with Gasteiger partial charge in [-0.05, 0) is 39.0 Å². The number of carbonyl (C=O) groups is 1. The molecule has 1 aromatic carbocycles. The zero-order chi connectivity index (χ0) is 23.9. The Morgan fingerprint density at radius 2 is 1.85 bits per heavy atom. The van der Waals surface area contributed by atoms with E-state index in [0.717, 1.165) is 22.7 Å². The van der Waals surface area contributed by atoms with Crippen LogP contribution in [0, 0.1) is 20.8 Å². The van der Waals surface area contributed by atoms with Gasteiger partial charge in [-0.3, -0.25) is 14.7 Å². The molecule has 11 heteroatoms. The maximum Gasteiger partial charge on any atom is 0.416 e. The molecule has 0 bridgehead atoms. The molecule has 2 aromatic heterocycles. The molecule has 1 saturated heterocycles. The van der Waals surface area contributed by atoms with Crippen LogP contribution < -0.4 is 10.5 Å². The molecule has 1 aliphatic heterocycles. The van der Waals surface area contributed by atoms with Crippen LogP contribution in [0.2, 0.25) is 0 Å². The molecule has 0 atom stereocenters. The molecule has 0 aliphatic carbocycles. The molecule has 0 unspecified atom stereocenters. The summed E-state index contributed by atoms with van der Waals surface area (Å²) in [5.74, 6) is -0.184. The van der Waals surface area contributed by atoms with Crippen molar-refractivity contribution >= 4 is 22.9 Å². The third-order valence-corrected chi connectivity index (χ3v) is 6.96. The number of carbonyl (C=O) groups excluding carboxylic acids is 1. The average molecular weight is 480 g/mol. The molecule has 3 aromatic rings. The van der Waals surface area contributed by atoms with Gasteiger partial charge in [-0.2, -0.15) is 17.9 Å². The summed E-state index contributed by atoms with van der Waals surface area (Å²) < 4.78 is 40.4. The largest absolute Gasteiger partial charge is 0.416 e. The lowest BCUT2D eigenvalue weighted by atomic mass is 10.1. The smallest absolute Gasteiger partial charge is 0.368 e. The first-order chi connectivity index (χ1) is 15.5. The van der Waals surface area contributed by atoms with Gasteiger partial charge in [0.1, 0.15) is 0 Å². The van der Waals surface area contributed by atoms with Gasteiger partial charge < -0.3 is 9.80 Å². The number of nitrogens with one attached hydrogen (secondary N) is 1. The van der Waals surface area contributed by atoms with E-state index in [-0.39, 0.29) is 17.9 Å². The highest BCUT2D eigenvalue weighted by molar-refractivity contribution is 7.14. The van der Waals surface area contributed by atoms with Crippen molar-refractivity contribution in [2.75, 3.05) is 31.1 Å². The summed E-state index contributed by atoms with van der Waals surface area (Å²) in [5.41, 5.74) is 1.36. The monoisotopic (exact) mass is 479 g/mol. The summed E-state index contributed by atoms with van der Waals surface area (Å²) in [6.45, 7) is 7.14. The predicted octanol–water partition coefficient (Wildman–Crippen LogP) is 3.46. The Hall–Kier alpha value is -3.08. The van der Waals surface area contributed by atoms with Crippen molar-refractivity contribution in [3.8, 4) is 5.13 Å². The maximum absolute atomic E-state index is 13.0. The number of anilines is 1. The van der Waals surface area contributed by atoms with Crippen LogP contribution in [-0.2, 0) is 17.4 Å². The first-order valence-electron chi connectivity index (χ1n) is 10.5. The van der Waals surface area contributed by atoms with Crippen molar-refractivity contribution in [3.05, 3.63) is 62.0 Å². The molecule has 1 fully saturated rings. The van der Waals surface area contributed by atoms with Gasteiger partial charge in [0.05, 0.1) is 17.7 Å². The van der Waals surface area contributed by atoms with Gasteiger partial charge in [0, 0.05) is 48.0 Å². The predicted molar refractivity (Wildman–Crippen MR) is 120 cm³/mol. The lowest BCUT2D eigenvalue weighted by Crippen LogP contribution is -2.49. The molecule has 3 heterocycles. The van der Waals surface area contributed by atoms with E-state index >= 15 is 0 Å². The lowest BCUT2D eigenvalue weighted by Gasteiger charge is -2.36. The van der Waals surface area contributed by atoms with Crippen molar-refractivity contribution in [2.24, 2.45) is 0 Å². The van der Waals surface area contributed by atoms with Crippen LogP contribution in [0.1, 0.15) is 27.4 Å². The third kappa shape index (κ3) is 4.68. The number of rotatable bonds is 4. The van der Waals surface area contributed by atoms with Gasteiger partial charge >= 0.3 is 6.18 Å². The Bertz CT molecular complexity index is 1220. The number of aromatic nitrogens is 3. The van der Waals surface area contributed by atoms with Gasteiger partial charge in [0.2, 0.25) is 11.0 Å². The number of nitrogens with zero attached hydrogens (tertiary/aromatic N) is 4. The van der Waals surface area contributed by atoms with E-state index in [2.05, 4.69) is 10.1 Å². The SMILES string of the molecule is Cc1nc(-n2[nH]c(C)c(CC(=O)N3CCN(c4cccc(C(F)(F)F)c4)CC3)c2=O)sc1C. The molecule has 7 nitrogen and oxygen atoms in total. The summed E-state index contributed by atoms with van der Waals surface area (Å²) in [4.78, 5) is 34.7. The first kappa shape index (κ1) is 23.1. The van der Waals surface area contributed by atoms with E-state index in [1.165, 1.54) is 22.1 Å². The van der Waals surface area contributed by atoms with Crippen LogP contribution in [0.3, 0.4) is 0 Å². The van der Waals surface area contributed by atoms with Gasteiger partial charge in [0.25, 0.3) is 5.56 Å². The zero-order valence-corrected chi connectivity index (χ0v) is 19.3. The minimum Gasteiger partial charge on any atom is -0.368 e. The third-order valence-electron chi connectivity index (χ3n) is 5.90. The van der Waals surface area contributed by atoms with Crippen LogP contribution in [0.4, 0.5) is 18.9 Å². The molecule has 1 aliphatic rings. The lowest BCUT2D eigenvalue weighted by molar-refractivity contribution is -0.137. The van der Waals surface area contributed by atoms with Crippen molar-refractivity contribution in [2.45, 2.75) is 33.4 Å². The molecular formula is C22H24F3N5O2S. The Balaban J connectivity index is 1.43. The summed E-state index contributed by atoms with van der Waals surface area (Å²) >= 11 is 1.40. The molecule has 176 valence electrons. The fourth-order valence-corrected chi connectivity index (χ4v) is 4.70. The summed E-state index contributed by atoms with van der Waals surface area (Å²) in [5, 5.41) is 3.54. The van der Waals surface area contributed by atoms with Crippen LogP contribution in [-0.4, -0.2) is 51.8 Å². The molecule has 33 heavy (non-hydrogen) atoms. The highest BCUT2D eigenvalue weighted by atomic mass is 32.1. The Morgan fingerprint density at radius 1 is 1.15 bits per heavy atom. The second-order valence-corrected chi connectivity index (χ2v) is 9.27. The second-order valence-electron chi connectivity index (χ2n) is 8.09. The number of benzene rings is 1. The number of halogens is 3. The molecule has 1 amide bonds. The zero-order valence-electron chi connectivity index (χ0n) is 18.5. The fourth-order valence-electron chi connectivity index (χ4n) is 3.83. The summed E-state index contributed by atoms with van der Waals surface area (Å²) in [6.07, 6.45) is -4.44. The summed E-state index contributed by atoms with van der Waals surface area (Å²) in [6, 6.07) is 5.20. The summed E-state index contributed by atoms with van der Waals surface area (Å²) in [7, 11) is 0. The van der Waals surface area contributed by atoms with Crippen molar-refractivity contribution < 1.29 is 18.0 Å². The number of H-pyrrole nitrogens is 1. The number of amides is 1. The van der Waals surface area contributed by atoms with Crippen molar-refractivity contribution in [3.63, 3.8) is 0 Å². The number of hydrogen-bond acceptors (Lipinski definition) is 5. The van der Waals surface area contributed by atoms with Gasteiger partial charge in [-0.25, -0.2) is 4.98 Å². The second kappa shape index (κ2) is 8.69. The first-order valence-corrected chi connectivity index (χ1v) is 11.3. The number of hydrogen-bond donors (Lipinski definition) is 1. The topological polar surface area (TPSA) is 74.2 Å². The number of alkyl halides is 3. The highest BCUT2D eigenvalue weighted by Crippen LogP contribution is 2.32. The van der Waals surface area contributed by atoms with Gasteiger partial charge in [0.15, 0.2) is 0 Å². The van der Waals surface area contributed by atoms with Crippen LogP contribution in [0.5, 0.6) is 0 Å². The minimum absolute atomic E-state index is 0.0406. The average Bonchev–Trinajstić information content (AvgIpc) is 3.26. The Morgan fingerprint density at radius 3 is 2.45 bits per heavy atom. The molecular weight excluding hydrogens is 455 g/mol. The van der Waals surface area contributed by atoms with E-state index in [1.54, 1.807) is 17.9 Å². The molecule has 0 radical (unpaired) electrons. The van der Waals surface area contributed by atoms with Crippen LogP contribution in [0.15, 0.2) is 29.1 Å². The van der Waals surface area contributed by atoms with E-state index in [9.17, 15) is 22.8 Å². The van der Waals surface area contributed by atoms with E-state index in [4.69, 9.17) is 0 Å². The Labute approximate surface area is 192 Å². The minimum atomic E-state index is -4.40. The number of thiazole rings is 1. The van der Waals surface area contributed by atoms with Crippen molar-refractivity contribution in [1.82, 2.24) is 19.7 Å². The quantitative estimate of drug-likeness (QED) is 0.622. The van der Waals surface area contributed by atoms with Crippen molar-refractivity contribution in [1.29, 1.82) is 0 Å².